The van der Waals surface area contributed by atoms with Gasteiger partial charge in [-0.2, -0.15) is 5.10 Å². The molecule has 0 fully saturated rings. The molecule has 0 spiro atoms. The highest BCUT2D eigenvalue weighted by atomic mass is 16.2. The average molecular weight is 358 g/mol. The van der Waals surface area contributed by atoms with Gasteiger partial charge in [0, 0.05) is 31.3 Å². The highest BCUT2D eigenvalue weighted by Gasteiger charge is 2.21. The van der Waals surface area contributed by atoms with Gasteiger partial charge in [0.1, 0.15) is 11.4 Å². The summed E-state index contributed by atoms with van der Waals surface area (Å²) >= 11 is 0. The second kappa shape index (κ2) is 7.48. The second-order valence-electron chi connectivity index (χ2n) is 8.30. The zero-order valence-electron chi connectivity index (χ0n) is 16.9. The first-order valence-electron chi connectivity index (χ1n) is 9.06. The van der Waals surface area contributed by atoms with Crippen LogP contribution in [0.15, 0.2) is 23.1 Å². The van der Waals surface area contributed by atoms with E-state index in [2.05, 4.69) is 45.0 Å². The maximum Gasteiger partial charge on any atom is 0.263 e. The molecule has 6 nitrogen and oxygen atoms in total. The molecular formula is C20H30N4O2. The molecule has 2 heterocycles. The van der Waals surface area contributed by atoms with E-state index in [0.717, 1.165) is 12.1 Å². The number of aromatic nitrogens is 3. The number of carbonyl (C=O) groups excluding carboxylic acids is 1. The lowest BCUT2D eigenvalue weighted by molar-refractivity contribution is 0.102. The molecule has 6 heteroatoms. The molecule has 0 aliphatic carbocycles. The van der Waals surface area contributed by atoms with Crippen molar-refractivity contribution in [2.24, 2.45) is 13.0 Å². The topological polar surface area (TPSA) is 68.9 Å². The van der Waals surface area contributed by atoms with Gasteiger partial charge in [-0.05, 0) is 30.9 Å². The van der Waals surface area contributed by atoms with Crippen molar-refractivity contribution in [2.75, 3.05) is 5.32 Å². The fourth-order valence-electron chi connectivity index (χ4n) is 2.64. The number of amides is 1. The van der Waals surface area contributed by atoms with Crippen LogP contribution in [0.1, 0.15) is 62.7 Å². The lowest BCUT2D eigenvalue weighted by Crippen LogP contribution is -2.30. The Bertz CT molecular complexity index is 854. The minimum Gasteiger partial charge on any atom is -0.315 e. The molecule has 26 heavy (non-hydrogen) atoms. The highest BCUT2D eigenvalue weighted by Crippen LogP contribution is 2.23. The van der Waals surface area contributed by atoms with E-state index in [4.69, 9.17) is 0 Å². The normalized spacial score (nSPS) is 11.8. The maximum absolute atomic E-state index is 12.8. The Labute approximate surface area is 155 Å². The van der Waals surface area contributed by atoms with E-state index in [9.17, 15) is 9.59 Å². The van der Waals surface area contributed by atoms with E-state index >= 15 is 0 Å². The van der Waals surface area contributed by atoms with Gasteiger partial charge in [-0.25, -0.2) is 0 Å². The second-order valence-corrected chi connectivity index (χ2v) is 8.30. The van der Waals surface area contributed by atoms with Crippen LogP contribution in [-0.4, -0.2) is 20.3 Å². The lowest BCUT2D eigenvalue weighted by atomic mass is 9.92. The number of carbonyl (C=O) groups is 1. The molecule has 0 aliphatic rings. The molecule has 0 saturated carbocycles. The van der Waals surface area contributed by atoms with Gasteiger partial charge in [-0.1, -0.05) is 34.6 Å². The highest BCUT2D eigenvalue weighted by molar-refractivity contribution is 6.04. The third-order valence-electron chi connectivity index (χ3n) is 4.44. The molecule has 0 aromatic carbocycles. The molecule has 1 amide bonds. The zero-order valence-corrected chi connectivity index (χ0v) is 16.9. The first kappa shape index (κ1) is 19.9. The summed E-state index contributed by atoms with van der Waals surface area (Å²) in [7, 11) is 1.78. The average Bonchev–Trinajstić information content (AvgIpc) is 2.87. The smallest absolute Gasteiger partial charge is 0.263 e. The van der Waals surface area contributed by atoms with E-state index < -0.39 is 5.91 Å². The molecule has 2 rings (SSSR count). The van der Waals surface area contributed by atoms with Crippen LogP contribution in [0, 0.1) is 12.8 Å². The van der Waals surface area contributed by atoms with Crippen molar-refractivity contribution in [2.45, 2.75) is 59.9 Å². The molecule has 0 atom stereocenters. The molecule has 2 aromatic heterocycles. The van der Waals surface area contributed by atoms with Crippen LogP contribution < -0.4 is 10.9 Å². The van der Waals surface area contributed by atoms with E-state index in [-0.39, 0.29) is 16.5 Å². The molecule has 0 bridgehead atoms. The Hall–Kier alpha value is -2.37. The van der Waals surface area contributed by atoms with E-state index in [1.165, 1.54) is 0 Å². The summed E-state index contributed by atoms with van der Waals surface area (Å²) in [5.74, 6) is 0.678. The largest absolute Gasteiger partial charge is 0.315 e. The Morgan fingerprint density at radius 1 is 1.31 bits per heavy atom. The Morgan fingerprint density at radius 3 is 2.50 bits per heavy atom. The molecule has 0 radical (unpaired) electrons. The SMILES string of the molecule is Cc1ccn(CCC(C)C)c(=O)c1C(=O)Nc1cc(C(C)(C)C)nn1C. The summed E-state index contributed by atoms with van der Waals surface area (Å²) in [6.07, 6.45) is 2.65. The fraction of sp³-hybridized carbons (Fsp3) is 0.550. The molecule has 142 valence electrons. The summed E-state index contributed by atoms with van der Waals surface area (Å²) in [6.45, 7) is 12.8. The van der Waals surface area contributed by atoms with Gasteiger partial charge in [0.2, 0.25) is 0 Å². The number of hydrogen-bond donors (Lipinski definition) is 1. The van der Waals surface area contributed by atoms with Crippen LogP contribution in [0.25, 0.3) is 0 Å². The summed E-state index contributed by atoms with van der Waals surface area (Å²) < 4.78 is 3.25. The Balaban J connectivity index is 2.31. The number of nitrogens with zero attached hydrogens (tertiary/aromatic N) is 3. The van der Waals surface area contributed by atoms with Crippen molar-refractivity contribution in [1.82, 2.24) is 14.3 Å². The Kier molecular flexibility index (Phi) is 5.74. The van der Waals surface area contributed by atoms with E-state index in [1.54, 1.807) is 29.4 Å². The van der Waals surface area contributed by atoms with Crippen LogP contribution in [0.4, 0.5) is 5.82 Å². The van der Waals surface area contributed by atoms with E-state index in [1.807, 2.05) is 12.1 Å². The number of rotatable bonds is 5. The molecular weight excluding hydrogens is 328 g/mol. The molecule has 1 N–H and O–H groups in total. The standard InChI is InChI=1S/C20H30N4O2/c1-13(2)8-10-24-11-9-14(3)17(19(24)26)18(25)21-16-12-15(20(4,5)6)22-23(16)7/h9,11-13H,8,10H2,1-7H3,(H,21,25). The zero-order chi connectivity index (χ0) is 19.6. The van der Waals surface area contributed by atoms with Gasteiger partial charge in [-0.3, -0.25) is 14.3 Å². The predicted octanol–water partition coefficient (Wildman–Crippen LogP) is 3.49. The van der Waals surface area contributed by atoms with Crippen molar-refractivity contribution in [3.63, 3.8) is 0 Å². The van der Waals surface area contributed by atoms with Crippen molar-refractivity contribution in [3.05, 3.63) is 45.5 Å². The van der Waals surface area contributed by atoms with Crippen LogP contribution in [-0.2, 0) is 19.0 Å². The van der Waals surface area contributed by atoms with Gasteiger partial charge < -0.3 is 9.88 Å². The third kappa shape index (κ3) is 4.42. The third-order valence-corrected chi connectivity index (χ3v) is 4.44. The predicted molar refractivity (Wildman–Crippen MR) is 105 cm³/mol. The number of pyridine rings is 1. The summed E-state index contributed by atoms with van der Waals surface area (Å²) in [5, 5.41) is 7.30. The van der Waals surface area contributed by atoms with Gasteiger partial charge >= 0.3 is 0 Å². The quantitative estimate of drug-likeness (QED) is 0.889. The monoisotopic (exact) mass is 358 g/mol. The van der Waals surface area contributed by atoms with Crippen LogP contribution in [0.5, 0.6) is 0 Å². The maximum atomic E-state index is 12.8. The Morgan fingerprint density at radius 2 is 1.96 bits per heavy atom. The fourth-order valence-corrected chi connectivity index (χ4v) is 2.64. The summed E-state index contributed by atoms with van der Waals surface area (Å²) in [6, 6.07) is 3.67. The van der Waals surface area contributed by atoms with Gasteiger partial charge in [0.05, 0.1) is 5.69 Å². The van der Waals surface area contributed by atoms with Gasteiger partial charge in [0.25, 0.3) is 11.5 Å². The number of nitrogens with one attached hydrogen (secondary N) is 1. The minimum atomic E-state index is -0.394. The minimum absolute atomic E-state index is 0.118. The molecule has 0 aliphatic heterocycles. The van der Waals surface area contributed by atoms with Crippen molar-refractivity contribution >= 4 is 11.7 Å². The van der Waals surface area contributed by atoms with Crippen molar-refractivity contribution in [3.8, 4) is 0 Å². The number of anilines is 1. The number of aryl methyl sites for hydroxylation is 3. The first-order chi connectivity index (χ1) is 12.0. The van der Waals surface area contributed by atoms with Crippen molar-refractivity contribution < 1.29 is 4.79 Å². The van der Waals surface area contributed by atoms with Gasteiger partial charge in [0.15, 0.2) is 0 Å². The van der Waals surface area contributed by atoms with Gasteiger partial charge in [-0.15, -0.1) is 0 Å². The lowest BCUT2D eigenvalue weighted by Gasteiger charge is -2.13. The van der Waals surface area contributed by atoms with Crippen LogP contribution in [0.2, 0.25) is 0 Å². The first-order valence-corrected chi connectivity index (χ1v) is 9.06. The molecule has 0 unspecified atom stereocenters. The summed E-state index contributed by atoms with van der Waals surface area (Å²) in [4.78, 5) is 25.6. The number of hydrogen-bond acceptors (Lipinski definition) is 3. The van der Waals surface area contributed by atoms with Crippen LogP contribution in [0.3, 0.4) is 0 Å². The molecule has 0 saturated heterocycles. The van der Waals surface area contributed by atoms with Crippen LogP contribution >= 0.6 is 0 Å². The summed E-state index contributed by atoms with van der Waals surface area (Å²) in [5.41, 5.74) is 1.38. The van der Waals surface area contributed by atoms with Crippen molar-refractivity contribution in [1.29, 1.82) is 0 Å². The molecule has 2 aromatic rings. The van der Waals surface area contributed by atoms with E-state index in [0.29, 0.717) is 23.8 Å².